The van der Waals surface area contributed by atoms with Crippen molar-refractivity contribution < 1.29 is 14.6 Å². The maximum Gasteiger partial charge on any atom is 0.303 e. The highest BCUT2D eigenvalue weighted by Gasteiger charge is 2.09. The van der Waals surface area contributed by atoms with E-state index in [1.165, 1.54) is 0 Å². The molecule has 1 aromatic heterocycles. The van der Waals surface area contributed by atoms with E-state index in [2.05, 4.69) is 10.2 Å². The van der Waals surface area contributed by atoms with Crippen molar-refractivity contribution in [3.05, 3.63) is 36.0 Å². The van der Waals surface area contributed by atoms with E-state index in [9.17, 15) is 4.79 Å². The molecule has 5 nitrogen and oxygen atoms in total. The van der Waals surface area contributed by atoms with Gasteiger partial charge in [0.2, 0.25) is 0 Å². The largest absolute Gasteiger partial charge is 0.497 e. The number of ether oxygens (including phenoxy) is 1. The number of aliphatic carboxylic acids is 1. The van der Waals surface area contributed by atoms with Crippen LogP contribution in [0.4, 0.5) is 0 Å². The molecule has 0 saturated carbocycles. The van der Waals surface area contributed by atoms with Crippen molar-refractivity contribution in [3.8, 4) is 17.0 Å². The first-order valence-electron chi connectivity index (χ1n) is 5.59. The van der Waals surface area contributed by atoms with Crippen LogP contribution in [0.25, 0.3) is 11.3 Å². The van der Waals surface area contributed by atoms with Crippen molar-refractivity contribution in [2.75, 3.05) is 7.11 Å². The Kier molecular flexibility index (Phi) is 3.62. The molecule has 0 aliphatic carbocycles. The average Bonchev–Trinajstić information content (AvgIpc) is 2.84. The Balaban J connectivity index is 2.27. The van der Waals surface area contributed by atoms with Gasteiger partial charge in [0.25, 0.3) is 0 Å². The Hall–Kier alpha value is -2.30. The average molecular weight is 246 g/mol. The minimum atomic E-state index is -0.812. The number of nitrogens with one attached hydrogen (secondary N) is 1. The number of aryl methyl sites for hydroxylation is 1. The first kappa shape index (κ1) is 12.2. The van der Waals surface area contributed by atoms with Gasteiger partial charge in [-0.2, -0.15) is 5.10 Å². The topological polar surface area (TPSA) is 75.2 Å². The fourth-order valence-corrected chi connectivity index (χ4v) is 1.77. The molecular formula is C13H14N2O3. The van der Waals surface area contributed by atoms with Gasteiger partial charge in [-0.25, -0.2) is 0 Å². The number of rotatable bonds is 5. The number of benzene rings is 1. The summed E-state index contributed by atoms with van der Waals surface area (Å²) in [6, 6.07) is 7.56. The number of carbonyl (C=O) groups is 1. The summed E-state index contributed by atoms with van der Waals surface area (Å²) in [7, 11) is 1.61. The first-order chi connectivity index (χ1) is 8.70. The molecule has 5 heteroatoms. The third-order valence-electron chi connectivity index (χ3n) is 2.68. The number of aromatic nitrogens is 2. The Bertz CT molecular complexity index is 549. The minimum absolute atomic E-state index is 0.0938. The maximum absolute atomic E-state index is 10.6. The minimum Gasteiger partial charge on any atom is -0.497 e. The van der Waals surface area contributed by atoms with Gasteiger partial charge in [0, 0.05) is 12.0 Å². The second-order valence-corrected chi connectivity index (χ2v) is 3.90. The molecule has 0 amide bonds. The van der Waals surface area contributed by atoms with Crippen molar-refractivity contribution in [1.29, 1.82) is 0 Å². The van der Waals surface area contributed by atoms with Crippen molar-refractivity contribution in [1.82, 2.24) is 10.2 Å². The van der Waals surface area contributed by atoms with Crippen LogP contribution in [-0.4, -0.2) is 28.4 Å². The smallest absolute Gasteiger partial charge is 0.303 e. The Labute approximate surface area is 104 Å². The molecule has 2 N–H and O–H groups in total. The molecule has 0 aliphatic heterocycles. The van der Waals surface area contributed by atoms with E-state index in [4.69, 9.17) is 9.84 Å². The monoisotopic (exact) mass is 246 g/mol. The lowest BCUT2D eigenvalue weighted by Gasteiger charge is -2.04. The molecule has 1 heterocycles. The molecule has 0 bridgehead atoms. The molecule has 94 valence electrons. The summed E-state index contributed by atoms with van der Waals surface area (Å²) in [5, 5.41) is 15.6. The first-order valence-corrected chi connectivity index (χ1v) is 5.59. The number of aromatic amines is 1. The summed E-state index contributed by atoms with van der Waals surface area (Å²) in [5.41, 5.74) is 2.67. The van der Waals surface area contributed by atoms with Crippen molar-refractivity contribution >= 4 is 5.97 Å². The van der Waals surface area contributed by atoms with Crippen LogP contribution in [0.3, 0.4) is 0 Å². The second kappa shape index (κ2) is 5.35. The fraction of sp³-hybridized carbons (Fsp3) is 0.231. The number of H-pyrrole nitrogens is 1. The number of carboxylic acids is 1. The van der Waals surface area contributed by atoms with Gasteiger partial charge in [-0.15, -0.1) is 0 Å². The van der Waals surface area contributed by atoms with Crippen LogP contribution in [0.15, 0.2) is 30.5 Å². The van der Waals surface area contributed by atoms with Crippen LogP contribution in [0, 0.1) is 0 Å². The van der Waals surface area contributed by atoms with Crippen LogP contribution >= 0.6 is 0 Å². The van der Waals surface area contributed by atoms with Crippen LogP contribution < -0.4 is 4.74 Å². The molecule has 0 radical (unpaired) electrons. The standard InChI is InChI=1S/C13H14N2O3/c1-18-11-4-2-3-9(7-11)13-10(8-14-15-13)5-6-12(16)17/h2-4,7-8H,5-6H2,1H3,(H,14,15)(H,16,17). The number of hydrogen-bond donors (Lipinski definition) is 2. The van der Waals surface area contributed by atoms with Gasteiger partial charge in [-0.3, -0.25) is 9.89 Å². The van der Waals surface area contributed by atoms with Crippen LogP contribution in [0.2, 0.25) is 0 Å². The van der Waals surface area contributed by atoms with Gasteiger partial charge in [0.1, 0.15) is 5.75 Å². The normalized spacial score (nSPS) is 10.3. The number of nitrogens with zero attached hydrogens (tertiary/aromatic N) is 1. The summed E-state index contributed by atoms with van der Waals surface area (Å²) >= 11 is 0. The van der Waals surface area contributed by atoms with Crippen LogP contribution in [-0.2, 0) is 11.2 Å². The summed E-state index contributed by atoms with van der Waals surface area (Å²) < 4.78 is 5.16. The third kappa shape index (κ3) is 2.68. The number of methoxy groups -OCH3 is 1. The van der Waals surface area contributed by atoms with Crippen molar-refractivity contribution in [2.24, 2.45) is 0 Å². The van der Waals surface area contributed by atoms with Gasteiger partial charge in [0.05, 0.1) is 19.0 Å². The Morgan fingerprint density at radius 1 is 1.50 bits per heavy atom. The summed E-state index contributed by atoms with van der Waals surface area (Å²) in [6.45, 7) is 0. The lowest BCUT2D eigenvalue weighted by atomic mass is 10.0. The zero-order valence-corrected chi connectivity index (χ0v) is 10.0. The number of carboxylic acid groups (broad SMARTS) is 1. The van der Waals surface area contributed by atoms with E-state index in [-0.39, 0.29) is 6.42 Å². The summed E-state index contributed by atoms with van der Waals surface area (Å²) in [6.07, 6.45) is 2.21. The highest BCUT2D eigenvalue weighted by atomic mass is 16.5. The molecule has 0 spiro atoms. The van der Waals surface area contributed by atoms with Gasteiger partial charge < -0.3 is 9.84 Å². The molecule has 0 aliphatic rings. The lowest BCUT2D eigenvalue weighted by Crippen LogP contribution is -1.97. The maximum atomic E-state index is 10.6. The highest BCUT2D eigenvalue weighted by Crippen LogP contribution is 2.25. The van der Waals surface area contributed by atoms with Crippen molar-refractivity contribution in [2.45, 2.75) is 12.8 Å². The molecule has 1 aromatic carbocycles. The van der Waals surface area contributed by atoms with E-state index in [1.807, 2.05) is 24.3 Å². The van der Waals surface area contributed by atoms with E-state index >= 15 is 0 Å². The number of hydrogen-bond acceptors (Lipinski definition) is 3. The molecule has 2 aromatic rings. The molecular weight excluding hydrogens is 232 g/mol. The zero-order valence-electron chi connectivity index (χ0n) is 10.0. The molecule has 0 fully saturated rings. The third-order valence-corrected chi connectivity index (χ3v) is 2.68. The van der Waals surface area contributed by atoms with Gasteiger partial charge in [0.15, 0.2) is 0 Å². The molecule has 2 rings (SSSR count). The Morgan fingerprint density at radius 3 is 3.06 bits per heavy atom. The predicted octanol–water partition coefficient (Wildman–Crippen LogP) is 2.10. The zero-order chi connectivity index (χ0) is 13.0. The van der Waals surface area contributed by atoms with Gasteiger partial charge >= 0.3 is 5.97 Å². The molecule has 0 saturated heterocycles. The predicted molar refractivity (Wildman–Crippen MR) is 66.5 cm³/mol. The van der Waals surface area contributed by atoms with Gasteiger partial charge in [-0.05, 0) is 24.1 Å². The molecule has 0 unspecified atom stereocenters. The van der Waals surface area contributed by atoms with E-state index in [1.54, 1.807) is 13.3 Å². The second-order valence-electron chi connectivity index (χ2n) is 3.90. The quantitative estimate of drug-likeness (QED) is 0.847. The highest BCUT2D eigenvalue weighted by molar-refractivity contribution is 5.69. The Morgan fingerprint density at radius 2 is 2.33 bits per heavy atom. The summed E-state index contributed by atoms with van der Waals surface area (Å²) in [4.78, 5) is 10.6. The van der Waals surface area contributed by atoms with Crippen LogP contribution in [0.5, 0.6) is 5.75 Å². The fourth-order valence-electron chi connectivity index (χ4n) is 1.77. The van der Waals surface area contributed by atoms with E-state index < -0.39 is 5.97 Å². The van der Waals surface area contributed by atoms with Gasteiger partial charge in [-0.1, -0.05) is 12.1 Å². The molecule has 18 heavy (non-hydrogen) atoms. The van der Waals surface area contributed by atoms with E-state index in [0.717, 1.165) is 22.6 Å². The van der Waals surface area contributed by atoms with E-state index in [0.29, 0.717) is 6.42 Å². The molecule has 0 atom stereocenters. The SMILES string of the molecule is COc1cccc(-c2[nH]ncc2CCC(=O)O)c1. The summed E-state index contributed by atoms with van der Waals surface area (Å²) in [5.74, 6) is -0.0564. The van der Waals surface area contributed by atoms with Crippen LogP contribution in [0.1, 0.15) is 12.0 Å². The van der Waals surface area contributed by atoms with Crippen molar-refractivity contribution in [3.63, 3.8) is 0 Å². The lowest BCUT2D eigenvalue weighted by molar-refractivity contribution is -0.136.